The zero-order valence-electron chi connectivity index (χ0n) is 7.41. The minimum absolute atomic E-state index is 0. The molecule has 1 aromatic rings. The van der Waals surface area contributed by atoms with Crippen molar-refractivity contribution in [2.45, 2.75) is 13.1 Å². The van der Waals surface area contributed by atoms with E-state index in [4.69, 9.17) is 0 Å². The molecule has 0 saturated heterocycles. The van der Waals surface area contributed by atoms with E-state index in [2.05, 4.69) is 14.7 Å². The van der Waals surface area contributed by atoms with E-state index in [0.717, 1.165) is 13.1 Å². The molecule has 1 heterocycles. The van der Waals surface area contributed by atoms with Crippen molar-refractivity contribution < 1.29 is 22.7 Å². The van der Waals surface area contributed by atoms with Crippen molar-refractivity contribution in [1.29, 1.82) is 0 Å². The molecule has 0 aliphatic rings. The molecule has 4 nitrogen and oxygen atoms in total. The lowest BCUT2D eigenvalue weighted by Crippen LogP contribution is -2.11. The van der Waals surface area contributed by atoms with Gasteiger partial charge >= 0.3 is 18.2 Å². The summed E-state index contributed by atoms with van der Waals surface area (Å²) < 4.78 is 40.5. The van der Waals surface area contributed by atoms with Gasteiger partial charge in [0, 0.05) is 13.1 Å². The number of aromatic nitrogens is 2. The van der Waals surface area contributed by atoms with Crippen molar-refractivity contribution in [1.82, 2.24) is 9.97 Å². The molecule has 15 heavy (non-hydrogen) atoms. The largest absolute Gasteiger partial charge is 0.433 e. The molecule has 0 amide bonds. The van der Waals surface area contributed by atoms with Crippen LogP contribution in [0, 0.1) is 0 Å². The van der Waals surface area contributed by atoms with Crippen LogP contribution in [-0.4, -0.2) is 15.9 Å². The molecule has 1 aromatic heterocycles. The maximum Gasteiger partial charge on any atom is 0.433 e. The van der Waals surface area contributed by atoms with Crippen LogP contribution < -0.4 is 4.74 Å². The summed E-state index contributed by atoms with van der Waals surface area (Å²) in [7, 11) is 0. The van der Waals surface area contributed by atoms with E-state index in [-0.39, 0.29) is 12.4 Å². The first-order valence-electron chi connectivity index (χ1n) is 3.48. The predicted molar refractivity (Wildman–Crippen MR) is 45.6 cm³/mol. The first-order chi connectivity index (χ1) is 6.39. The fourth-order valence-corrected chi connectivity index (χ4v) is 0.676. The zero-order chi connectivity index (χ0) is 10.8. The first-order valence-corrected chi connectivity index (χ1v) is 3.48. The highest BCUT2D eigenvalue weighted by Crippen LogP contribution is 2.27. The summed E-state index contributed by atoms with van der Waals surface area (Å²) in [5, 5.41) is 0. The van der Waals surface area contributed by atoms with Crippen LogP contribution in [0.2, 0.25) is 0 Å². The van der Waals surface area contributed by atoms with Gasteiger partial charge in [0.25, 0.3) is 0 Å². The Bertz CT molecular complexity index is 356. The van der Waals surface area contributed by atoms with E-state index >= 15 is 0 Å². The van der Waals surface area contributed by atoms with Gasteiger partial charge in [0.05, 0.1) is 0 Å². The molecule has 0 atom stereocenters. The Morgan fingerprint density at radius 3 is 2.53 bits per heavy atom. The number of halogens is 4. The minimum Gasteiger partial charge on any atom is -0.391 e. The third-order valence-corrected chi connectivity index (χ3v) is 1.16. The van der Waals surface area contributed by atoms with Crippen LogP contribution >= 0.6 is 12.4 Å². The number of ether oxygens (including phenoxy) is 1. The van der Waals surface area contributed by atoms with Crippen LogP contribution in [0.25, 0.3) is 0 Å². The van der Waals surface area contributed by atoms with Crippen molar-refractivity contribution in [3.63, 3.8) is 0 Å². The number of hydrogen-bond acceptors (Lipinski definition) is 4. The van der Waals surface area contributed by atoms with Gasteiger partial charge in [-0.2, -0.15) is 18.2 Å². The second-order valence-electron chi connectivity index (χ2n) is 2.32. The molecule has 0 bridgehead atoms. The normalized spacial score (nSPS) is 10.4. The predicted octanol–water partition coefficient (Wildman–Crippen LogP) is 1.84. The fourth-order valence-electron chi connectivity index (χ4n) is 0.676. The van der Waals surface area contributed by atoms with Gasteiger partial charge in [0.2, 0.25) is 0 Å². The molecule has 8 heteroatoms. The standard InChI is InChI=1S/C7H5F3N2O2.ClH/c1-4(13)14-6-11-3-2-5(12-6)7(8,9)10;/h2-3H,1H3;1H. The maximum atomic E-state index is 12.1. The van der Waals surface area contributed by atoms with E-state index in [9.17, 15) is 18.0 Å². The second kappa shape index (κ2) is 4.92. The quantitative estimate of drug-likeness (QED) is 0.705. The first kappa shape index (κ1) is 13.6. The Balaban J connectivity index is 0.00000196. The van der Waals surface area contributed by atoms with Crippen LogP contribution in [-0.2, 0) is 11.0 Å². The lowest BCUT2D eigenvalue weighted by molar-refractivity contribution is -0.142. The van der Waals surface area contributed by atoms with Gasteiger partial charge in [0.15, 0.2) is 5.69 Å². The number of carbonyl (C=O) groups excluding carboxylic acids is 1. The van der Waals surface area contributed by atoms with E-state index in [1.165, 1.54) is 0 Å². The average molecular weight is 243 g/mol. The van der Waals surface area contributed by atoms with Gasteiger partial charge in [-0.25, -0.2) is 4.98 Å². The van der Waals surface area contributed by atoms with Gasteiger partial charge in [-0.05, 0) is 6.07 Å². The summed E-state index contributed by atoms with van der Waals surface area (Å²) in [6.45, 7) is 1.05. The van der Waals surface area contributed by atoms with Crippen molar-refractivity contribution in [2.75, 3.05) is 0 Å². The summed E-state index contributed by atoms with van der Waals surface area (Å²) in [5.74, 6) is -0.774. The number of nitrogens with zero attached hydrogens (tertiary/aromatic N) is 2. The van der Waals surface area contributed by atoms with Gasteiger partial charge in [0.1, 0.15) is 0 Å². The molecule has 84 valence electrons. The molecule has 0 unspecified atom stereocenters. The molecular formula is C7H6ClF3N2O2. The average Bonchev–Trinajstić information content (AvgIpc) is 2.01. The molecule has 0 aliphatic carbocycles. The lowest BCUT2D eigenvalue weighted by Gasteiger charge is -2.05. The Kier molecular flexibility index (Phi) is 4.47. The monoisotopic (exact) mass is 242 g/mol. The summed E-state index contributed by atoms with van der Waals surface area (Å²) in [6, 6.07) is 0.0832. The van der Waals surface area contributed by atoms with Crippen LogP contribution in [0.1, 0.15) is 12.6 Å². The third-order valence-electron chi connectivity index (χ3n) is 1.16. The van der Waals surface area contributed by atoms with Crippen LogP contribution in [0.15, 0.2) is 12.3 Å². The van der Waals surface area contributed by atoms with E-state index in [1.807, 2.05) is 0 Å². The number of alkyl halides is 3. The Morgan fingerprint density at radius 2 is 2.07 bits per heavy atom. The van der Waals surface area contributed by atoms with Gasteiger partial charge in [-0.1, -0.05) is 0 Å². The smallest absolute Gasteiger partial charge is 0.391 e. The molecule has 0 aliphatic heterocycles. The maximum absolute atomic E-state index is 12.1. The van der Waals surface area contributed by atoms with E-state index < -0.39 is 23.8 Å². The van der Waals surface area contributed by atoms with Gasteiger partial charge in [-0.3, -0.25) is 4.79 Å². The van der Waals surface area contributed by atoms with Crippen LogP contribution in [0.5, 0.6) is 6.01 Å². The Morgan fingerprint density at radius 1 is 1.47 bits per heavy atom. The summed E-state index contributed by atoms with van der Waals surface area (Å²) in [6.07, 6.45) is -3.70. The molecule has 0 spiro atoms. The topological polar surface area (TPSA) is 52.1 Å². The molecule has 0 aromatic carbocycles. The fraction of sp³-hybridized carbons (Fsp3) is 0.286. The lowest BCUT2D eigenvalue weighted by atomic mass is 10.4. The van der Waals surface area contributed by atoms with Gasteiger partial charge < -0.3 is 4.74 Å². The Hall–Kier alpha value is -1.37. The summed E-state index contributed by atoms with van der Waals surface area (Å²) >= 11 is 0. The number of rotatable bonds is 1. The SMILES string of the molecule is CC(=O)Oc1nccc(C(F)(F)F)n1.Cl. The van der Waals surface area contributed by atoms with E-state index in [1.54, 1.807) is 0 Å². The highest BCUT2D eigenvalue weighted by molar-refractivity contribution is 5.85. The minimum atomic E-state index is -4.57. The van der Waals surface area contributed by atoms with E-state index in [0.29, 0.717) is 6.07 Å². The highest BCUT2D eigenvalue weighted by Gasteiger charge is 2.33. The number of esters is 1. The molecule has 0 fully saturated rings. The second-order valence-corrected chi connectivity index (χ2v) is 2.32. The highest BCUT2D eigenvalue weighted by atomic mass is 35.5. The zero-order valence-corrected chi connectivity index (χ0v) is 8.22. The van der Waals surface area contributed by atoms with Crippen molar-refractivity contribution in [2.24, 2.45) is 0 Å². The molecule has 1 rings (SSSR count). The molecule has 0 saturated carbocycles. The third kappa shape index (κ3) is 4.11. The molecular weight excluding hydrogens is 237 g/mol. The summed E-state index contributed by atoms with van der Waals surface area (Å²) in [5.41, 5.74) is -1.15. The summed E-state index contributed by atoms with van der Waals surface area (Å²) in [4.78, 5) is 16.7. The van der Waals surface area contributed by atoms with Crippen molar-refractivity contribution >= 4 is 18.4 Å². The van der Waals surface area contributed by atoms with Gasteiger partial charge in [-0.15, -0.1) is 12.4 Å². The number of carbonyl (C=O) groups is 1. The van der Waals surface area contributed by atoms with Crippen LogP contribution in [0.3, 0.4) is 0 Å². The van der Waals surface area contributed by atoms with Crippen molar-refractivity contribution in [3.8, 4) is 6.01 Å². The van der Waals surface area contributed by atoms with Crippen LogP contribution in [0.4, 0.5) is 13.2 Å². The molecule has 0 N–H and O–H groups in total. The Labute approximate surface area is 88.9 Å². The molecule has 0 radical (unpaired) electrons. The number of hydrogen-bond donors (Lipinski definition) is 0. The van der Waals surface area contributed by atoms with Crippen molar-refractivity contribution in [3.05, 3.63) is 18.0 Å².